The molecule has 1 aromatic carbocycles. The fourth-order valence-corrected chi connectivity index (χ4v) is 2.30. The number of hydrogen-bond acceptors (Lipinski definition) is 4. The summed E-state index contributed by atoms with van der Waals surface area (Å²) in [5, 5.41) is 0. The summed E-state index contributed by atoms with van der Waals surface area (Å²) >= 11 is 0. The molecule has 0 aliphatic heterocycles. The summed E-state index contributed by atoms with van der Waals surface area (Å²) in [5.41, 5.74) is 0.283. The quantitative estimate of drug-likeness (QED) is 0.859. The molecule has 1 N–H and O–H groups in total. The van der Waals surface area contributed by atoms with Gasteiger partial charge in [0.2, 0.25) is 10.0 Å². The Morgan fingerprint density at radius 1 is 1.29 bits per heavy atom. The summed E-state index contributed by atoms with van der Waals surface area (Å²) in [6, 6.07) is 6.22. The number of hydrogen-bond donors (Lipinski definition) is 1. The third-order valence-corrected chi connectivity index (χ3v) is 3.52. The normalized spacial score (nSPS) is 10.9. The summed E-state index contributed by atoms with van der Waals surface area (Å²) in [7, 11) is -2.01. The van der Waals surface area contributed by atoms with Crippen molar-refractivity contribution >= 4 is 15.9 Å². The van der Waals surface area contributed by atoms with Gasteiger partial charge in [-0.05, 0) is 30.7 Å². The summed E-state index contributed by atoms with van der Waals surface area (Å²) in [6.07, 6.45) is 0.464. The van der Waals surface area contributed by atoms with Crippen LogP contribution in [0.3, 0.4) is 0 Å². The van der Waals surface area contributed by atoms with Crippen molar-refractivity contribution in [2.45, 2.75) is 13.3 Å². The maximum Gasteiger partial charge on any atom is 0.264 e. The standard InChI is InChI=1S/C11H15NO4S/c1-3-8-17(14,15)12-11(13)9-4-6-10(16-2)7-5-9/h4-7H,3,8H2,1-2H3,(H,12,13). The number of benzene rings is 1. The van der Waals surface area contributed by atoms with Crippen LogP contribution in [-0.4, -0.2) is 27.2 Å². The van der Waals surface area contributed by atoms with Gasteiger partial charge in [0.1, 0.15) is 5.75 Å². The molecule has 0 aliphatic carbocycles. The zero-order valence-electron chi connectivity index (χ0n) is 9.76. The van der Waals surface area contributed by atoms with Gasteiger partial charge >= 0.3 is 0 Å². The third kappa shape index (κ3) is 4.07. The fraction of sp³-hybridized carbons (Fsp3) is 0.364. The summed E-state index contributed by atoms with van der Waals surface area (Å²) in [5.74, 6) is -0.0754. The Labute approximate surface area is 101 Å². The second-order valence-corrected chi connectivity index (χ2v) is 5.32. The lowest BCUT2D eigenvalue weighted by atomic mass is 10.2. The molecule has 0 radical (unpaired) electrons. The highest BCUT2D eigenvalue weighted by Crippen LogP contribution is 2.11. The molecule has 1 aromatic rings. The van der Waals surface area contributed by atoms with E-state index in [9.17, 15) is 13.2 Å². The van der Waals surface area contributed by atoms with E-state index in [0.717, 1.165) is 0 Å². The highest BCUT2D eigenvalue weighted by molar-refractivity contribution is 7.90. The average Bonchev–Trinajstić information content (AvgIpc) is 2.28. The minimum atomic E-state index is -3.53. The molecular weight excluding hydrogens is 242 g/mol. The number of carbonyl (C=O) groups is 1. The predicted molar refractivity (Wildman–Crippen MR) is 64.5 cm³/mol. The second kappa shape index (κ2) is 5.67. The van der Waals surface area contributed by atoms with Crippen LogP contribution >= 0.6 is 0 Å². The largest absolute Gasteiger partial charge is 0.497 e. The van der Waals surface area contributed by atoms with E-state index in [2.05, 4.69) is 0 Å². The van der Waals surface area contributed by atoms with Gasteiger partial charge < -0.3 is 4.74 Å². The molecule has 0 atom stereocenters. The van der Waals surface area contributed by atoms with E-state index in [0.29, 0.717) is 12.2 Å². The molecule has 94 valence electrons. The summed E-state index contributed by atoms with van der Waals surface area (Å²) in [6.45, 7) is 1.73. The van der Waals surface area contributed by atoms with E-state index >= 15 is 0 Å². The van der Waals surface area contributed by atoms with Crippen LogP contribution in [0.4, 0.5) is 0 Å². The zero-order chi connectivity index (χ0) is 12.9. The van der Waals surface area contributed by atoms with E-state index in [-0.39, 0.29) is 11.3 Å². The van der Waals surface area contributed by atoms with E-state index in [1.807, 2.05) is 4.72 Å². The van der Waals surface area contributed by atoms with E-state index < -0.39 is 15.9 Å². The molecule has 0 heterocycles. The number of carbonyl (C=O) groups excluding carboxylic acids is 1. The Balaban J connectivity index is 2.76. The molecule has 0 spiro atoms. The second-order valence-electron chi connectivity index (χ2n) is 3.48. The molecule has 1 rings (SSSR count). The van der Waals surface area contributed by atoms with Gasteiger partial charge in [-0.2, -0.15) is 0 Å². The number of rotatable bonds is 5. The van der Waals surface area contributed by atoms with Crippen molar-refractivity contribution in [1.29, 1.82) is 0 Å². The molecule has 0 aromatic heterocycles. The van der Waals surface area contributed by atoms with Gasteiger partial charge in [0, 0.05) is 5.56 Å². The van der Waals surface area contributed by atoms with Crippen LogP contribution in [0.5, 0.6) is 5.75 Å². The highest BCUT2D eigenvalue weighted by atomic mass is 32.2. The van der Waals surface area contributed by atoms with Gasteiger partial charge in [0.15, 0.2) is 0 Å². The Morgan fingerprint density at radius 3 is 2.35 bits per heavy atom. The minimum absolute atomic E-state index is 0.0606. The van der Waals surface area contributed by atoms with Gasteiger partial charge in [0.25, 0.3) is 5.91 Å². The van der Waals surface area contributed by atoms with Crippen molar-refractivity contribution in [2.75, 3.05) is 12.9 Å². The molecule has 0 saturated carbocycles. The van der Waals surface area contributed by atoms with Gasteiger partial charge in [-0.3, -0.25) is 4.79 Å². The summed E-state index contributed by atoms with van der Waals surface area (Å²) in [4.78, 5) is 11.6. The average molecular weight is 257 g/mol. The maximum absolute atomic E-state index is 11.6. The molecule has 0 unspecified atom stereocenters. The fourth-order valence-electron chi connectivity index (χ4n) is 1.26. The smallest absolute Gasteiger partial charge is 0.264 e. The maximum atomic E-state index is 11.6. The lowest BCUT2D eigenvalue weighted by molar-refractivity contribution is 0.0981. The van der Waals surface area contributed by atoms with Gasteiger partial charge in [0.05, 0.1) is 12.9 Å². The van der Waals surface area contributed by atoms with E-state index in [1.54, 1.807) is 19.1 Å². The lowest BCUT2D eigenvalue weighted by Gasteiger charge is -2.06. The molecule has 0 bridgehead atoms. The Hall–Kier alpha value is -1.56. The Morgan fingerprint density at radius 2 is 1.88 bits per heavy atom. The Bertz CT molecular complexity index is 479. The first-order valence-electron chi connectivity index (χ1n) is 5.17. The monoisotopic (exact) mass is 257 g/mol. The molecule has 6 heteroatoms. The molecule has 0 aliphatic rings. The van der Waals surface area contributed by atoms with Gasteiger partial charge in [-0.15, -0.1) is 0 Å². The number of amides is 1. The summed E-state index contributed by atoms with van der Waals surface area (Å²) < 4.78 is 29.7. The van der Waals surface area contributed by atoms with Crippen molar-refractivity contribution in [3.05, 3.63) is 29.8 Å². The lowest BCUT2D eigenvalue weighted by Crippen LogP contribution is -2.32. The number of ether oxygens (including phenoxy) is 1. The van der Waals surface area contributed by atoms with Crippen LogP contribution in [0.15, 0.2) is 24.3 Å². The van der Waals surface area contributed by atoms with E-state index in [4.69, 9.17) is 4.74 Å². The van der Waals surface area contributed by atoms with Gasteiger partial charge in [-0.1, -0.05) is 6.92 Å². The van der Waals surface area contributed by atoms with Crippen molar-refractivity contribution in [1.82, 2.24) is 4.72 Å². The zero-order valence-corrected chi connectivity index (χ0v) is 10.6. The molecule has 5 nitrogen and oxygen atoms in total. The van der Waals surface area contributed by atoms with Crippen molar-refractivity contribution in [2.24, 2.45) is 0 Å². The molecule has 0 fully saturated rings. The molecule has 0 saturated heterocycles. The van der Waals surface area contributed by atoms with E-state index in [1.165, 1.54) is 19.2 Å². The molecule has 1 amide bonds. The highest BCUT2D eigenvalue weighted by Gasteiger charge is 2.14. The first-order chi connectivity index (χ1) is 7.98. The Kier molecular flexibility index (Phi) is 4.51. The van der Waals surface area contributed by atoms with Crippen molar-refractivity contribution in [3.63, 3.8) is 0 Å². The molecular formula is C11H15NO4S. The van der Waals surface area contributed by atoms with Crippen LogP contribution < -0.4 is 9.46 Å². The third-order valence-electron chi connectivity index (χ3n) is 2.07. The number of nitrogens with one attached hydrogen (secondary N) is 1. The predicted octanol–water partition coefficient (Wildman–Crippen LogP) is 1.16. The SMILES string of the molecule is CCCS(=O)(=O)NC(=O)c1ccc(OC)cc1. The van der Waals surface area contributed by atoms with Gasteiger partial charge in [-0.25, -0.2) is 13.1 Å². The van der Waals surface area contributed by atoms with Crippen LogP contribution in [0.2, 0.25) is 0 Å². The van der Waals surface area contributed by atoms with Crippen LogP contribution in [0.25, 0.3) is 0 Å². The first-order valence-corrected chi connectivity index (χ1v) is 6.82. The first kappa shape index (κ1) is 13.5. The van der Waals surface area contributed by atoms with Crippen LogP contribution in [0.1, 0.15) is 23.7 Å². The number of sulfonamides is 1. The van der Waals surface area contributed by atoms with Crippen molar-refractivity contribution < 1.29 is 17.9 Å². The number of methoxy groups -OCH3 is 1. The van der Waals surface area contributed by atoms with Crippen molar-refractivity contribution in [3.8, 4) is 5.75 Å². The minimum Gasteiger partial charge on any atom is -0.497 e. The topological polar surface area (TPSA) is 72.5 Å². The molecule has 17 heavy (non-hydrogen) atoms. The van der Waals surface area contributed by atoms with Crippen LogP contribution in [-0.2, 0) is 10.0 Å². The van der Waals surface area contributed by atoms with Crippen LogP contribution in [0, 0.1) is 0 Å².